The second-order valence-electron chi connectivity index (χ2n) is 5.57. The van der Waals surface area contributed by atoms with E-state index in [4.69, 9.17) is 4.74 Å². The summed E-state index contributed by atoms with van der Waals surface area (Å²) in [6.45, 7) is 4.93. The van der Waals surface area contributed by atoms with Crippen molar-refractivity contribution >= 4 is 12.2 Å². The Kier molecular flexibility index (Phi) is 3.96. The van der Waals surface area contributed by atoms with Crippen molar-refractivity contribution in [3.05, 3.63) is 76.5 Å². The maximum atomic E-state index is 12.3. The number of carbonyl (C=O) groups excluding carboxylic acids is 1. The average molecular weight is 293 g/mol. The third kappa shape index (κ3) is 2.89. The Morgan fingerprint density at radius 3 is 2.59 bits per heavy atom. The van der Waals surface area contributed by atoms with Crippen LogP contribution in [0.4, 0.5) is 4.79 Å². The largest absolute Gasteiger partial charge is 0.444 e. The quantitative estimate of drug-likeness (QED) is 0.820. The topological polar surface area (TPSA) is 29.5 Å². The molecule has 1 heterocycles. The summed E-state index contributed by atoms with van der Waals surface area (Å²) in [5, 5.41) is 0. The van der Waals surface area contributed by atoms with E-state index in [2.05, 4.69) is 0 Å². The number of nitrogens with zero attached hydrogens (tertiary/aromatic N) is 1. The smallest absolute Gasteiger partial charge is 0.414 e. The Hall–Kier alpha value is -2.55. The van der Waals surface area contributed by atoms with E-state index in [9.17, 15) is 4.79 Å². The van der Waals surface area contributed by atoms with Gasteiger partial charge in [0.2, 0.25) is 0 Å². The van der Waals surface area contributed by atoms with E-state index in [-0.39, 0.29) is 6.09 Å². The molecule has 0 saturated heterocycles. The molecular weight excluding hydrogens is 274 g/mol. The van der Waals surface area contributed by atoms with Crippen LogP contribution in [0.15, 0.2) is 48.7 Å². The van der Waals surface area contributed by atoms with E-state index < -0.39 is 0 Å². The zero-order valence-corrected chi connectivity index (χ0v) is 12.9. The summed E-state index contributed by atoms with van der Waals surface area (Å²) in [5.41, 5.74) is 5.66. The fraction of sp³-hybridized carbons (Fsp3) is 0.211. The molecule has 0 fully saturated rings. The van der Waals surface area contributed by atoms with Gasteiger partial charge in [-0.1, -0.05) is 42.5 Å². The van der Waals surface area contributed by atoms with E-state index in [1.54, 1.807) is 11.1 Å². The summed E-state index contributed by atoms with van der Waals surface area (Å²) in [5.74, 6) is 0. The van der Waals surface area contributed by atoms with Crippen molar-refractivity contribution in [3.8, 4) is 0 Å². The molecule has 0 unspecified atom stereocenters. The van der Waals surface area contributed by atoms with E-state index in [0.29, 0.717) is 13.2 Å². The number of benzene rings is 2. The predicted octanol–water partition coefficient (Wildman–Crippen LogP) is 4.43. The lowest BCUT2D eigenvalue weighted by Crippen LogP contribution is -2.28. The Balaban J connectivity index is 1.67. The maximum Gasteiger partial charge on any atom is 0.414 e. The number of amides is 1. The number of aryl methyl sites for hydroxylation is 2. The van der Waals surface area contributed by atoms with E-state index in [1.807, 2.05) is 62.4 Å². The van der Waals surface area contributed by atoms with Gasteiger partial charge in [-0.15, -0.1) is 0 Å². The number of ether oxygens (including phenoxy) is 1. The minimum atomic E-state index is -0.312. The minimum absolute atomic E-state index is 0.309. The highest BCUT2D eigenvalue weighted by Crippen LogP contribution is 2.21. The average Bonchev–Trinajstić information content (AvgIpc) is 2.53. The van der Waals surface area contributed by atoms with Gasteiger partial charge in [-0.3, -0.25) is 4.90 Å². The van der Waals surface area contributed by atoms with Gasteiger partial charge in [-0.25, -0.2) is 4.79 Å². The van der Waals surface area contributed by atoms with Gasteiger partial charge in [0.1, 0.15) is 6.61 Å². The second kappa shape index (κ2) is 6.06. The van der Waals surface area contributed by atoms with Crippen LogP contribution in [0.1, 0.15) is 27.8 Å². The number of carbonyl (C=O) groups is 1. The van der Waals surface area contributed by atoms with Crippen LogP contribution in [0, 0.1) is 13.8 Å². The van der Waals surface area contributed by atoms with E-state index >= 15 is 0 Å². The minimum Gasteiger partial charge on any atom is -0.444 e. The van der Waals surface area contributed by atoms with Crippen LogP contribution in [0.3, 0.4) is 0 Å². The zero-order chi connectivity index (χ0) is 15.5. The number of hydrogen-bond acceptors (Lipinski definition) is 2. The second-order valence-corrected chi connectivity index (χ2v) is 5.57. The Morgan fingerprint density at radius 2 is 1.82 bits per heavy atom. The first-order valence-corrected chi connectivity index (χ1v) is 7.40. The van der Waals surface area contributed by atoms with Gasteiger partial charge in [0, 0.05) is 6.20 Å². The van der Waals surface area contributed by atoms with E-state index in [1.165, 1.54) is 0 Å². The third-order valence-corrected chi connectivity index (χ3v) is 4.05. The van der Waals surface area contributed by atoms with Crippen molar-refractivity contribution in [2.24, 2.45) is 0 Å². The molecule has 0 spiro atoms. The molecule has 0 bridgehead atoms. The molecule has 3 nitrogen and oxygen atoms in total. The maximum absolute atomic E-state index is 12.3. The summed E-state index contributed by atoms with van der Waals surface area (Å²) < 4.78 is 5.48. The van der Waals surface area contributed by atoms with Crippen molar-refractivity contribution in [1.29, 1.82) is 0 Å². The van der Waals surface area contributed by atoms with Gasteiger partial charge in [0.15, 0.2) is 0 Å². The number of hydrogen-bond donors (Lipinski definition) is 0. The first-order chi connectivity index (χ1) is 10.6. The van der Waals surface area contributed by atoms with Gasteiger partial charge in [-0.2, -0.15) is 0 Å². The highest BCUT2D eigenvalue weighted by Gasteiger charge is 2.18. The molecule has 0 radical (unpaired) electrons. The zero-order valence-electron chi connectivity index (χ0n) is 12.9. The fourth-order valence-electron chi connectivity index (χ4n) is 2.67. The summed E-state index contributed by atoms with van der Waals surface area (Å²) in [7, 11) is 0. The Labute approximate surface area is 130 Å². The van der Waals surface area contributed by atoms with Crippen LogP contribution in [0.25, 0.3) is 6.08 Å². The van der Waals surface area contributed by atoms with Crippen molar-refractivity contribution in [3.63, 3.8) is 0 Å². The van der Waals surface area contributed by atoms with Crippen LogP contribution in [-0.4, -0.2) is 11.0 Å². The Morgan fingerprint density at radius 1 is 1.09 bits per heavy atom. The van der Waals surface area contributed by atoms with Crippen LogP contribution in [0.5, 0.6) is 0 Å². The van der Waals surface area contributed by atoms with Crippen molar-refractivity contribution in [2.45, 2.75) is 27.0 Å². The molecule has 2 aromatic rings. The monoisotopic (exact) mass is 293 g/mol. The van der Waals surface area contributed by atoms with Crippen molar-refractivity contribution in [1.82, 2.24) is 4.90 Å². The molecule has 0 atom stereocenters. The fourth-order valence-corrected chi connectivity index (χ4v) is 2.67. The summed E-state index contributed by atoms with van der Waals surface area (Å²) in [4.78, 5) is 13.9. The summed E-state index contributed by atoms with van der Waals surface area (Å²) in [6.07, 6.45) is 3.42. The van der Waals surface area contributed by atoms with Crippen LogP contribution < -0.4 is 0 Å². The molecular formula is C19H19NO2. The first kappa shape index (κ1) is 14.4. The predicted molar refractivity (Wildman–Crippen MR) is 87.1 cm³/mol. The molecule has 1 aliphatic rings. The van der Waals surface area contributed by atoms with Crippen molar-refractivity contribution < 1.29 is 9.53 Å². The van der Waals surface area contributed by atoms with Crippen LogP contribution in [-0.2, 0) is 17.9 Å². The van der Waals surface area contributed by atoms with E-state index in [0.717, 1.165) is 27.8 Å². The molecule has 1 amide bonds. The van der Waals surface area contributed by atoms with Gasteiger partial charge in [0.25, 0.3) is 0 Å². The number of rotatable bonds is 2. The lowest BCUT2D eigenvalue weighted by atomic mass is 10.0. The summed E-state index contributed by atoms with van der Waals surface area (Å²) in [6, 6.07) is 14.1. The lowest BCUT2D eigenvalue weighted by Gasteiger charge is -2.23. The number of fused-ring (bicyclic) bond motifs is 1. The lowest BCUT2D eigenvalue weighted by molar-refractivity contribution is 0.108. The van der Waals surface area contributed by atoms with Crippen LogP contribution in [0.2, 0.25) is 0 Å². The summed E-state index contributed by atoms with van der Waals surface area (Å²) >= 11 is 0. The molecule has 3 rings (SSSR count). The molecule has 1 aliphatic heterocycles. The van der Waals surface area contributed by atoms with Gasteiger partial charge in [0.05, 0.1) is 6.54 Å². The highest BCUT2D eigenvalue weighted by molar-refractivity contribution is 5.72. The van der Waals surface area contributed by atoms with Crippen molar-refractivity contribution in [2.75, 3.05) is 0 Å². The Bertz CT molecular complexity index is 714. The van der Waals surface area contributed by atoms with Gasteiger partial charge < -0.3 is 4.74 Å². The molecule has 0 aromatic heterocycles. The highest BCUT2D eigenvalue weighted by atomic mass is 16.6. The third-order valence-electron chi connectivity index (χ3n) is 4.05. The molecule has 0 saturated carbocycles. The molecule has 2 aromatic carbocycles. The molecule has 0 N–H and O–H groups in total. The van der Waals surface area contributed by atoms with Gasteiger partial charge in [-0.05, 0) is 47.7 Å². The molecule has 112 valence electrons. The van der Waals surface area contributed by atoms with Crippen LogP contribution >= 0.6 is 0 Å². The molecule has 22 heavy (non-hydrogen) atoms. The molecule has 0 aliphatic carbocycles. The molecule has 3 heteroatoms. The normalized spacial score (nSPS) is 12.9. The standard InChI is InChI=1S/C19H19NO2/c1-14-6-5-7-15(2)18(14)13-22-19(21)20-11-10-16-8-3-4-9-17(16)12-20/h3-11H,12-13H2,1-2H3. The SMILES string of the molecule is Cc1cccc(C)c1COC(=O)N1C=Cc2ccccc2C1. The first-order valence-electron chi connectivity index (χ1n) is 7.40. The van der Waals surface area contributed by atoms with Gasteiger partial charge >= 0.3 is 6.09 Å².